The fourth-order valence-electron chi connectivity index (χ4n) is 2.90. The lowest BCUT2D eigenvalue weighted by Crippen LogP contribution is -2.43. The average molecular weight is 530 g/mol. The van der Waals surface area contributed by atoms with Crippen LogP contribution in [0.15, 0.2) is 51.7 Å². The molecule has 0 fully saturated rings. The molecule has 190 valence electrons. The van der Waals surface area contributed by atoms with Crippen molar-refractivity contribution in [1.29, 1.82) is 0 Å². The smallest absolute Gasteiger partial charge is 0.437 e. The van der Waals surface area contributed by atoms with Gasteiger partial charge in [-0.25, -0.2) is 14.4 Å². The van der Waals surface area contributed by atoms with Gasteiger partial charge in [0.05, 0.1) is 18.5 Å². The van der Waals surface area contributed by atoms with Crippen molar-refractivity contribution in [3.05, 3.63) is 69.2 Å². The van der Waals surface area contributed by atoms with Crippen LogP contribution in [0.4, 0.5) is 18.0 Å². The second kappa shape index (κ2) is 10.5. The van der Waals surface area contributed by atoms with Crippen molar-refractivity contribution in [1.82, 2.24) is 15.1 Å². The summed E-state index contributed by atoms with van der Waals surface area (Å²) >= 11 is 5.97. The first-order chi connectivity index (χ1) is 16.8. The van der Waals surface area contributed by atoms with Crippen LogP contribution >= 0.6 is 11.6 Å². The van der Waals surface area contributed by atoms with E-state index in [-0.39, 0.29) is 34.3 Å². The molecule has 0 radical (unpaired) electrons. The largest absolute Gasteiger partial charge is 0.481 e. The highest BCUT2D eigenvalue weighted by molar-refractivity contribution is 6.30. The highest BCUT2D eigenvalue weighted by atomic mass is 35.5. The molecule has 11 nitrogen and oxygen atoms in total. The zero-order chi connectivity index (χ0) is 26.6. The van der Waals surface area contributed by atoms with E-state index in [4.69, 9.17) is 31.0 Å². The summed E-state index contributed by atoms with van der Waals surface area (Å²) in [5.74, 6) is -4.48. The van der Waals surface area contributed by atoms with E-state index in [0.717, 1.165) is 28.9 Å². The Morgan fingerprint density at radius 2 is 1.81 bits per heavy atom. The van der Waals surface area contributed by atoms with Gasteiger partial charge in [0, 0.05) is 16.1 Å². The molecule has 1 aromatic heterocycles. The van der Waals surface area contributed by atoms with Crippen molar-refractivity contribution in [3.8, 4) is 17.2 Å². The SMILES string of the molecule is O=C(O)CC(NC(=O)Oc1ccc(Cl)cc1Cn1nc(-c2ccc(C(F)(F)F)cc2)oc1=O)C(=O)O. The third-order valence-electron chi connectivity index (χ3n) is 4.58. The van der Waals surface area contributed by atoms with Gasteiger partial charge in [-0.3, -0.25) is 4.79 Å². The summed E-state index contributed by atoms with van der Waals surface area (Å²) < 4.78 is 49.1. The Labute approximate surface area is 203 Å². The zero-order valence-corrected chi connectivity index (χ0v) is 18.5. The summed E-state index contributed by atoms with van der Waals surface area (Å²) in [6.45, 7) is -0.358. The van der Waals surface area contributed by atoms with Crippen LogP contribution < -0.4 is 15.8 Å². The monoisotopic (exact) mass is 529 g/mol. The number of nitrogens with zero attached hydrogens (tertiary/aromatic N) is 2. The molecule has 1 heterocycles. The molecule has 0 aliphatic carbocycles. The Hall–Kier alpha value is -4.33. The lowest BCUT2D eigenvalue weighted by atomic mass is 10.1. The maximum absolute atomic E-state index is 12.8. The molecule has 0 saturated heterocycles. The van der Waals surface area contributed by atoms with Crippen LogP contribution in [0.2, 0.25) is 5.02 Å². The molecule has 3 aromatic rings. The third kappa shape index (κ3) is 6.63. The fourth-order valence-corrected chi connectivity index (χ4v) is 3.10. The molecule has 0 aliphatic rings. The number of benzene rings is 2. The van der Waals surface area contributed by atoms with E-state index in [9.17, 15) is 32.3 Å². The van der Waals surface area contributed by atoms with Crippen LogP contribution in [-0.2, 0) is 22.3 Å². The van der Waals surface area contributed by atoms with Gasteiger partial charge >= 0.3 is 30.0 Å². The highest BCUT2D eigenvalue weighted by Gasteiger charge is 2.30. The first-order valence-corrected chi connectivity index (χ1v) is 10.2. The molecular formula is C21H15ClF3N3O8. The van der Waals surface area contributed by atoms with Crippen LogP contribution in [0.1, 0.15) is 17.5 Å². The summed E-state index contributed by atoms with van der Waals surface area (Å²) in [7, 11) is 0. The van der Waals surface area contributed by atoms with E-state index in [1.54, 1.807) is 0 Å². The molecule has 2 aromatic carbocycles. The molecule has 0 aliphatic heterocycles. The Morgan fingerprint density at radius 3 is 2.39 bits per heavy atom. The number of carboxylic acids is 2. The Bertz CT molecular complexity index is 1350. The summed E-state index contributed by atoms with van der Waals surface area (Å²) in [6, 6.07) is 5.87. The molecule has 1 atom stereocenters. The van der Waals surface area contributed by atoms with Gasteiger partial charge < -0.3 is 24.7 Å². The molecular weight excluding hydrogens is 515 g/mol. The van der Waals surface area contributed by atoms with Crippen molar-refractivity contribution >= 4 is 29.6 Å². The molecule has 36 heavy (non-hydrogen) atoms. The number of nitrogens with one attached hydrogen (secondary N) is 1. The number of hydrogen-bond acceptors (Lipinski definition) is 7. The molecule has 1 unspecified atom stereocenters. The van der Waals surface area contributed by atoms with Crippen molar-refractivity contribution in [2.45, 2.75) is 25.2 Å². The quantitative estimate of drug-likeness (QED) is 0.398. The molecule has 3 N–H and O–H groups in total. The normalized spacial score (nSPS) is 12.1. The lowest BCUT2D eigenvalue weighted by Gasteiger charge is -2.14. The van der Waals surface area contributed by atoms with Crippen molar-refractivity contribution in [2.75, 3.05) is 0 Å². The van der Waals surface area contributed by atoms with E-state index >= 15 is 0 Å². The van der Waals surface area contributed by atoms with Crippen LogP contribution in [0.3, 0.4) is 0 Å². The number of rotatable bonds is 8. The number of carbonyl (C=O) groups is 3. The van der Waals surface area contributed by atoms with Crippen LogP contribution in [-0.4, -0.2) is 44.1 Å². The average Bonchev–Trinajstić information content (AvgIpc) is 3.14. The maximum atomic E-state index is 12.8. The highest BCUT2D eigenvalue weighted by Crippen LogP contribution is 2.30. The van der Waals surface area contributed by atoms with Crippen molar-refractivity contribution in [3.63, 3.8) is 0 Å². The summed E-state index contributed by atoms with van der Waals surface area (Å²) in [4.78, 5) is 46.3. The second-order valence-corrected chi connectivity index (χ2v) is 7.62. The van der Waals surface area contributed by atoms with Crippen molar-refractivity contribution in [2.24, 2.45) is 0 Å². The number of aliphatic carboxylic acids is 2. The number of carboxylic acid groups (broad SMARTS) is 2. The first-order valence-electron chi connectivity index (χ1n) is 9.80. The number of halogens is 4. The predicted octanol–water partition coefficient (Wildman–Crippen LogP) is 3.24. The Balaban J connectivity index is 1.81. The maximum Gasteiger partial charge on any atom is 0.437 e. The topological polar surface area (TPSA) is 161 Å². The van der Waals surface area contributed by atoms with Gasteiger partial charge in [0.2, 0.25) is 5.89 Å². The molecule has 0 spiro atoms. The summed E-state index contributed by atoms with van der Waals surface area (Å²) in [6.07, 6.45) is -6.74. The third-order valence-corrected chi connectivity index (χ3v) is 4.81. The minimum absolute atomic E-state index is 0.0962. The second-order valence-electron chi connectivity index (χ2n) is 7.18. The van der Waals surface area contributed by atoms with E-state index in [1.807, 2.05) is 5.32 Å². The van der Waals surface area contributed by atoms with E-state index in [0.29, 0.717) is 0 Å². The Morgan fingerprint density at radius 1 is 1.14 bits per heavy atom. The molecule has 15 heteroatoms. The van der Waals surface area contributed by atoms with Crippen LogP contribution in [0.5, 0.6) is 5.75 Å². The van der Waals surface area contributed by atoms with Gasteiger partial charge in [-0.15, -0.1) is 5.10 Å². The number of amides is 1. The zero-order valence-electron chi connectivity index (χ0n) is 17.8. The van der Waals surface area contributed by atoms with Crippen LogP contribution in [0.25, 0.3) is 11.5 Å². The predicted molar refractivity (Wildman–Crippen MR) is 115 cm³/mol. The summed E-state index contributed by atoms with van der Waals surface area (Å²) in [5.41, 5.74) is -0.684. The van der Waals surface area contributed by atoms with E-state index in [2.05, 4.69) is 5.10 Å². The van der Waals surface area contributed by atoms with E-state index < -0.39 is 48.0 Å². The van der Waals surface area contributed by atoms with Gasteiger partial charge in [-0.05, 0) is 42.5 Å². The number of carbonyl (C=O) groups excluding carboxylic acids is 1. The van der Waals surface area contributed by atoms with Gasteiger partial charge in [0.1, 0.15) is 11.8 Å². The minimum Gasteiger partial charge on any atom is -0.481 e. The molecule has 1 amide bonds. The molecule has 0 saturated carbocycles. The minimum atomic E-state index is -4.55. The van der Waals surface area contributed by atoms with E-state index in [1.165, 1.54) is 18.2 Å². The van der Waals surface area contributed by atoms with Crippen LogP contribution in [0, 0.1) is 0 Å². The fraction of sp³-hybridized carbons (Fsp3) is 0.190. The first kappa shape index (κ1) is 26.3. The molecule has 3 rings (SSSR count). The van der Waals surface area contributed by atoms with Gasteiger partial charge in [0.25, 0.3) is 0 Å². The number of alkyl halides is 3. The molecule has 0 bridgehead atoms. The number of hydrogen-bond donors (Lipinski definition) is 3. The Kier molecular flexibility index (Phi) is 7.68. The van der Waals surface area contributed by atoms with Gasteiger partial charge in [-0.2, -0.15) is 17.9 Å². The van der Waals surface area contributed by atoms with Gasteiger partial charge in [-0.1, -0.05) is 11.6 Å². The van der Waals surface area contributed by atoms with Gasteiger partial charge in [0.15, 0.2) is 0 Å². The summed E-state index contributed by atoms with van der Waals surface area (Å²) in [5, 5.41) is 23.8. The lowest BCUT2D eigenvalue weighted by molar-refractivity contribution is -0.145. The standard InChI is InChI=1S/C21H15ClF3N3O8/c22-13-5-6-15(35-19(33)26-14(18(31)32)8-16(29)30)11(7-13)9-28-20(34)36-17(27-28)10-1-3-12(4-2-10)21(23,24)25/h1-7,14H,8-9H2,(H,26,33)(H,29,30)(H,31,32). The number of aromatic nitrogens is 2. The number of ether oxygens (including phenoxy) is 1. The van der Waals surface area contributed by atoms with Crippen molar-refractivity contribution < 1.29 is 46.9 Å².